The van der Waals surface area contributed by atoms with E-state index in [0.717, 1.165) is 28.7 Å². The fourth-order valence-electron chi connectivity index (χ4n) is 2.55. The highest BCUT2D eigenvalue weighted by Gasteiger charge is 2.12. The van der Waals surface area contributed by atoms with E-state index in [4.69, 9.17) is 0 Å². The Labute approximate surface area is 157 Å². The quantitative estimate of drug-likeness (QED) is 0.675. The maximum atomic E-state index is 12.2. The molecule has 0 unspecified atom stereocenters. The van der Waals surface area contributed by atoms with E-state index in [0.29, 0.717) is 5.75 Å². The summed E-state index contributed by atoms with van der Waals surface area (Å²) in [6.45, 7) is 4.09. The molecule has 0 aliphatic rings. The van der Waals surface area contributed by atoms with Gasteiger partial charge in [0.1, 0.15) is 5.82 Å². The second kappa shape index (κ2) is 8.19. The minimum atomic E-state index is -0.0501. The first kappa shape index (κ1) is 18.2. The van der Waals surface area contributed by atoms with E-state index in [9.17, 15) is 4.79 Å². The summed E-state index contributed by atoms with van der Waals surface area (Å²) in [6.07, 6.45) is 0.722. The molecule has 0 fully saturated rings. The molecular formula is C20H22N4OS. The summed E-state index contributed by atoms with van der Waals surface area (Å²) in [5, 5.41) is 12.1. The van der Waals surface area contributed by atoms with Crippen molar-refractivity contribution >= 4 is 23.4 Å². The van der Waals surface area contributed by atoms with Crippen molar-refractivity contribution in [2.24, 2.45) is 7.05 Å². The average molecular weight is 366 g/mol. The van der Waals surface area contributed by atoms with Crippen LogP contribution in [0, 0.1) is 13.8 Å². The molecule has 1 N–H and O–H groups in total. The summed E-state index contributed by atoms with van der Waals surface area (Å²) in [6, 6.07) is 16.1. The average Bonchev–Trinajstić information content (AvgIpc) is 2.97. The molecule has 134 valence electrons. The standard InChI is InChI=1S/C20H22N4OS/c1-14-9-10-17(11-15(14)2)21-19(25)13-26-20-23-22-18(24(20)3)12-16-7-5-4-6-8-16/h4-11H,12-13H2,1-3H3,(H,21,25). The first-order chi connectivity index (χ1) is 12.5. The molecule has 0 aliphatic carbocycles. The number of benzene rings is 2. The Kier molecular flexibility index (Phi) is 5.73. The molecule has 2 aromatic carbocycles. The number of carbonyl (C=O) groups is 1. The summed E-state index contributed by atoms with van der Waals surface area (Å²) in [5.41, 5.74) is 4.38. The van der Waals surface area contributed by atoms with Crippen LogP contribution in [0.3, 0.4) is 0 Å². The Morgan fingerprint density at radius 3 is 2.58 bits per heavy atom. The number of thioether (sulfide) groups is 1. The van der Waals surface area contributed by atoms with Crippen LogP contribution in [0.5, 0.6) is 0 Å². The fraction of sp³-hybridized carbons (Fsp3) is 0.250. The largest absolute Gasteiger partial charge is 0.325 e. The maximum absolute atomic E-state index is 12.2. The van der Waals surface area contributed by atoms with Crippen LogP contribution in [0.4, 0.5) is 5.69 Å². The molecular weight excluding hydrogens is 344 g/mol. The Bertz CT molecular complexity index is 905. The smallest absolute Gasteiger partial charge is 0.234 e. The van der Waals surface area contributed by atoms with Gasteiger partial charge in [-0.05, 0) is 42.7 Å². The van der Waals surface area contributed by atoms with E-state index < -0.39 is 0 Å². The van der Waals surface area contributed by atoms with Gasteiger partial charge in [0, 0.05) is 19.2 Å². The topological polar surface area (TPSA) is 59.8 Å². The number of rotatable bonds is 6. The number of carbonyl (C=O) groups excluding carboxylic acids is 1. The zero-order valence-corrected chi connectivity index (χ0v) is 16.0. The molecule has 0 spiro atoms. The highest BCUT2D eigenvalue weighted by atomic mass is 32.2. The number of anilines is 1. The Balaban J connectivity index is 1.57. The summed E-state index contributed by atoms with van der Waals surface area (Å²) < 4.78 is 1.95. The predicted octanol–water partition coefficient (Wildman–Crippen LogP) is 3.75. The highest BCUT2D eigenvalue weighted by molar-refractivity contribution is 7.99. The van der Waals surface area contributed by atoms with Crippen molar-refractivity contribution in [1.82, 2.24) is 14.8 Å². The van der Waals surface area contributed by atoms with Crippen molar-refractivity contribution in [3.05, 3.63) is 71.0 Å². The third-order valence-electron chi connectivity index (χ3n) is 4.25. The van der Waals surface area contributed by atoms with Gasteiger partial charge in [-0.25, -0.2) is 0 Å². The van der Waals surface area contributed by atoms with Crippen LogP contribution in [-0.2, 0) is 18.3 Å². The molecule has 5 nitrogen and oxygen atoms in total. The van der Waals surface area contributed by atoms with Crippen LogP contribution >= 0.6 is 11.8 Å². The molecule has 3 aromatic rings. The SMILES string of the molecule is Cc1ccc(NC(=O)CSc2nnc(Cc3ccccc3)n2C)cc1C. The highest BCUT2D eigenvalue weighted by Crippen LogP contribution is 2.19. The van der Waals surface area contributed by atoms with Gasteiger partial charge in [-0.1, -0.05) is 48.2 Å². The van der Waals surface area contributed by atoms with Crippen molar-refractivity contribution in [2.45, 2.75) is 25.4 Å². The lowest BCUT2D eigenvalue weighted by Crippen LogP contribution is -2.14. The molecule has 26 heavy (non-hydrogen) atoms. The number of nitrogens with zero attached hydrogens (tertiary/aromatic N) is 3. The first-order valence-electron chi connectivity index (χ1n) is 8.45. The second-order valence-corrected chi connectivity index (χ2v) is 7.20. The van der Waals surface area contributed by atoms with Crippen molar-refractivity contribution < 1.29 is 4.79 Å². The normalized spacial score (nSPS) is 10.7. The number of hydrogen-bond acceptors (Lipinski definition) is 4. The summed E-state index contributed by atoms with van der Waals surface area (Å²) in [4.78, 5) is 12.2. The molecule has 6 heteroatoms. The number of amides is 1. The van der Waals surface area contributed by atoms with Crippen LogP contribution in [0.2, 0.25) is 0 Å². The molecule has 0 radical (unpaired) electrons. The molecule has 0 bridgehead atoms. The van der Waals surface area contributed by atoms with E-state index in [1.165, 1.54) is 22.9 Å². The van der Waals surface area contributed by atoms with Crippen molar-refractivity contribution in [3.8, 4) is 0 Å². The van der Waals surface area contributed by atoms with E-state index >= 15 is 0 Å². The number of hydrogen-bond donors (Lipinski definition) is 1. The molecule has 3 rings (SSSR count). The zero-order valence-electron chi connectivity index (χ0n) is 15.2. The minimum absolute atomic E-state index is 0.0501. The summed E-state index contributed by atoms with van der Waals surface area (Å²) in [5.74, 6) is 1.13. The third kappa shape index (κ3) is 4.52. The van der Waals surface area contributed by atoms with Crippen LogP contribution in [-0.4, -0.2) is 26.4 Å². The lowest BCUT2D eigenvalue weighted by molar-refractivity contribution is -0.113. The van der Waals surface area contributed by atoms with Crippen LogP contribution < -0.4 is 5.32 Å². The molecule has 0 saturated heterocycles. The lowest BCUT2D eigenvalue weighted by atomic mass is 10.1. The fourth-order valence-corrected chi connectivity index (χ4v) is 3.28. The van der Waals surface area contributed by atoms with Gasteiger partial charge in [0.25, 0.3) is 0 Å². The molecule has 0 aliphatic heterocycles. The molecule has 0 atom stereocenters. The Morgan fingerprint density at radius 1 is 1.08 bits per heavy atom. The predicted molar refractivity (Wildman–Crippen MR) is 106 cm³/mol. The van der Waals surface area contributed by atoms with Crippen LogP contribution in [0.25, 0.3) is 0 Å². The van der Waals surface area contributed by atoms with Gasteiger partial charge < -0.3 is 9.88 Å². The lowest BCUT2D eigenvalue weighted by Gasteiger charge is -2.08. The molecule has 1 heterocycles. The van der Waals surface area contributed by atoms with Gasteiger partial charge in [-0.3, -0.25) is 4.79 Å². The number of aromatic nitrogens is 3. The molecule has 1 aromatic heterocycles. The minimum Gasteiger partial charge on any atom is -0.325 e. The van der Waals surface area contributed by atoms with Gasteiger partial charge in [-0.15, -0.1) is 10.2 Å². The monoisotopic (exact) mass is 366 g/mol. The summed E-state index contributed by atoms with van der Waals surface area (Å²) >= 11 is 1.39. The van der Waals surface area contributed by atoms with Gasteiger partial charge in [0.15, 0.2) is 5.16 Å². The Morgan fingerprint density at radius 2 is 1.85 bits per heavy atom. The van der Waals surface area contributed by atoms with Gasteiger partial charge in [-0.2, -0.15) is 0 Å². The van der Waals surface area contributed by atoms with E-state index in [1.807, 2.05) is 54.9 Å². The van der Waals surface area contributed by atoms with Crippen LogP contribution in [0.1, 0.15) is 22.5 Å². The zero-order chi connectivity index (χ0) is 18.5. The van der Waals surface area contributed by atoms with Gasteiger partial charge in [0.05, 0.1) is 5.75 Å². The summed E-state index contributed by atoms with van der Waals surface area (Å²) in [7, 11) is 1.93. The Hall–Kier alpha value is -2.60. The third-order valence-corrected chi connectivity index (χ3v) is 5.27. The maximum Gasteiger partial charge on any atom is 0.234 e. The number of nitrogens with one attached hydrogen (secondary N) is 1. The first-order valence-corrected chi connectivity index (χ1v) is 9.43. The molecule has 1 amide bonds. The second-order valence-electron chi connectivity index (χ2n) is 6.26. The van der Waals surface area contributed by atoms with Crippen LogP contribution in [0.15, 0.2) is 53.7 Å². The van der Waals surface area contributed by atoms with E-state index in [1.54, 1.807) is 0 Å². The van der Waals surface area contributed by atoms with Crippen molar-refractivity contribution in [3.63, 3.8) is 0 Å². The molecule has 0 saturated carbocycles. The van der Waals surface area contributed by atoms with Crippen molar-refractivity contribution in [1.29, 1.82) is 0 Å². The van der Waals surface area contributed by atoms with Gasteiger partial charge >= 0.3 is 0 Å². The van der Waals surface area contributed by atoms with Gasteiger partial charge in [0.2, 0.25) is 5.91 Å². The van der Waals surface area contributed by atoms with E-state index in [-0.39, 0.29) is 5.91 Å². The van der Waals surface area contributed by atoms with E-state index in [2.05, 4.69) is 34.6 Å². The number of aryl methyl sites for hydroxylation is 2. The van der Waals surface area contributed by atoms with Crippen molar-refractivity contribution in [2.75, 3.05) is 11.1 Å².